The Morgan fingerprint density at radius 2 is 2.10 bits per heavy atom. The second kappa shape index (κ2) is 6.56. The molecule has 1 aliphatic rings. The molecule has 20 heavy (non-hydrogen) atoms. The zero-order valence-corrected chi connectivity index (χ0v) is 12.2. The van der Waals surface area contributed by atoms with Crippen molar-refractivity contribution < 1.29 is 5.21 Å². The Bertz CT molecular complexity index is 468. The van der Waals surface area contributed by atoms with E-state index in [-0.39, 0.29) is 5.84 Å². The zero-order chi connectivity index (χ0) is 14.5. The van der Waals surface area contributed by atoms with Crippen molar-refractivity contribution >= 4 is 11.7 Å². The van der Waals surface area contributed by atoms with Crippen molar-refractivity contribution in [1.29, 1.82) is 0 Å². The van der Waals surface area contributed by atoms with E-state index >= 15 is 0 Å². The van der Waals surface area contributed by atoms with Crippen LogP contribution >= 0.6 is 0 Å². The monoisotopic (exact) mass is 277 g/mol. The number of nitrogens with zero attached hydrogens (tertiary/aromatic N) is 4. The molecule has 6 heteroatoms. The van der Waals surface area contributed by atoms with Crippen LogP contribution in [0.2, 0.25) is 0 Å². The van der Waals surface area contributed by atoms with Gasteiger partial charge in [-0.25, -0.2) is 4.98 Å². The van der Waals surface area contributed by atoms with Crippen LogP contribution in [-0.4, -0.2) is 53.1 Å². The molecule has 110 valence electrons. The van der Waals surface area contributed by atoms with Crippen molar-refractivity contribution in [2.24, 2.45) is 10.9 Å². The third-order valence-corrected chi connectivity index (χ3v) is 3.96. The molecular formula is C14H23N5O. The second-order valence-corrected chi connectivity index (χ2v) is 5.15. The van der Waals surface area contributed by atoms with Crippen molar-refractivity contribution in [3.8, 4) is 0 Å². The van der Waals surface area contributed by atoms with Gasteiger partial charge in [-0.05, 0) is 25.5 Å². The van der Waals surface area contributed by atoms with Crippen LogP contribution in [0.5, 0.6) is 0 Å². The van der Waals surface area contributed by atoms with E-state index in [1.165, 1.54) is 6.42 Å². The Kier molecular flexibility index (Phi) is 4.79. The van der Waals surface area contributed by atoms with Gasteiger partial charge < -0.3 is 15.8 Å². The molecule has 0 saturated carbocycles. The molecule has 1 aliphatic heterocycles. The summed E-state index contributed by atoms with van der Waals surface area (Å²) < 4.78 is 0. The van der Waals surface area contributed by atoms with Crippen LogP contribution in [0.1, 0.15) is 26.0 Å². The fourth-order valence-corrected chi connectivity index (χ4v) is 2.44. The average molecular weight is 277 g/mol. The maximum absolute atomic E-state index is 8.72. The summed E-state index contributed by atoms with van der Waals surface area (Å²) in [6.45, 7) is 8.49. The van der Waals surface area contributed by atoms with E-state index in [4.69, 9.17) is 10.9 Å². The molecule has 6 nitrogen and oxygen atoms in total. The molecule has 0 amide bonds. The molecule has 3 N–H and O–H groups in total. The first-order valence-electron chi connectivity index (χ1n) is 7.09. The van der Waals surface area contributed by atoms with Crippen LogP contribution < -0.4 is 10.6 Å². The fraction of sp³-hybridized carbons (Fsp3) is 0.571. The number of aromatic nitrogens is 1. The van der Waals surface area contributed by atoms with E-state index in [0.717, 1.165) is 32.0 Å². The standard InChI is InChI=1S/C14H23N5O/c1-3-11(2)18-7-9-19(10-8-18)13-6-4-5-12(16-13)14(15)17-20/h4-6,11,20H,3,7-10H2,1-2H3,(H2,15,17). The SMILES string of the molecule is CCC(C)N1CCN(c2cccc(C(N)=NO)n2)CC1. The van der Waals surface area contributed by atoms with Gasteiger partial charge in [-0.15, -0.1) is 0 Å². The largest absolute Gasteiger partial charge is 0.409 e. The van der Waals surface area contributed by atoms with Crippen LogP contribution in [0, 0.1) is 0 Å². The summed E-state index contributed by atoms with van der Waals surface area (Å²) in [4.78, 5) is 9.20. The van der Waals surface area contributed by atoms with Gasteiger partial charge in [0.15, 0.2) is 5.84 Å². The lowest BCUT2D eigenvalue weighted by molar-refractivity contribution is 0.192. The molecule has 1 saturated heterocycles. The Labute approximate surface area is 119 Å². The molecule has 0 bridgehead atoms. The van der Waals surface area contributed by atoms with Gasteiger partial charge in [-0.1, -0.05) is 18.1 Å². The molecule has 2 rings (SSSR count). The molecule has 1 aromatic rings. The first kappa shape index (κ1) is 14.6. The van der Waals surface area contributed by atoms with Gasteiger partial charge in [0.05, 0.1) is 0 Å². The normalized spacial score (nSPS) is 19.1. The van der Waals surface area contributed by atoms with Crippen molar-refractivity contribution in [1.82, 2.24) is 9.88 Å². The van der Waals surface area contributed by atoms with Gasteiger partial charge in [0, 0.05) is 32.2 Å². The third-order valence-electron chi connectivity index (χ3n) is 3.96. The predicted molar refractivity (Wildman–Crippen MR) is 80.3 cm³/mol. The lowest BCUT2D eigenvalue weighted by Gasteiger charge is -2.38. The van der Waals surface area contributed by atoms with E-state index in [2.05, 4.69) is 33.8 Å². The number of hydrogen-bond donors (Lipinski definition) is 2. The summed E-state index contributed by atoms with van der Waals surface area (Å²) >= 11 is 0. The van der Waals surface area contributed by atoms with Crippen LogP contribution in [0.15, 0.2) is 23.4 Å². The van der Waals surface area contributed by atoms with Crippen molar-refractivity contribution in [2.45, 2.75) is 26.3 Å². The molecule has 2 heterocycles. The van der Waals surface area contributed by atoms with Gasteiger partial charge in [-0.3, -0.25) is 4.90 Å². The summed E-state index contributed by atoms with van der Waals surface area (Å²) in [7, 11) is 0. The molecule has 0 aromatic carbocycles. The summed E-state index contributed by atoms with van der Waals surface area (Å²) in [5, 5.41) is 11.7. The molecule has 0 radical (unpaired) electrons. The topological polar surface area (TPSA) is 78.0 Å². The van der Waals surface area contributed by atoms with Crippen molar-refractivity contribution in [3.05, 3.63) is 23.9 Å². The summed E-state index contributed by atoms with van der Waals surface area (Å²) in [6, 6.07) is 6.23. The van der Waals surface area contributed by atoms with Crippen molar-refractivity contribution in [3.63, 3.8) is 0 Å². The van der Waals surface area contributed by atoms with E-state index in [9.17, 15) is 0 Å². The second-order valence-electron chi connectivity index (χ2n) is 5.15. The molecule has 0 aliphatic carbocycles. The third kappa shape index (κ3) is 3.19. The quantitative estimate of drug-likeness (QED) is 0.373. The Hall–Kier alpha value is -1.82. The van der Waals surface area contributed by atoms with Gasteiger partial charge in [0.25, 0.3) is 0 Å². The first-order valence-corrected chi connectivity index (χ1v) is 7.09. The number of nitrogens with two attached hydrogens (primary N) is 1. The van der Waals surface area contributed by atoms with Gasteiger partial charge in [0.1, 0.15) is 11.5 Å². The minimum atomic E-state index is 0.0464. The lowest BCUT2D eigenvalue weighted by Crippen LogP contribution is -2.49. The molecule has 1 atom stereocenters. The maximum Gasteiger partial charge on any atom is 0.188 e. The van der Waals surface area contributed by atoms with E-state index in [1.807, 2.05) is 12.1 Å². The highest BCUT2D eigenvalue weighted by Gasteiger charge is 2.21. The van der Waals surface area contributed by atoms with E-state index < -0.39 is 0 Å². The number of anilines is 1. The van der Waals surface area contributed by atoms with Gasteiger partial charge in [0.2, 0.25) is 0 Å². The van der Waals surface area contributed by atoms with Crippen LogP contribution in [0.4, 0.5) is 5.82 Å². The highest BCUT2D eigenvalue weighted by atomic mass is 16.4. The number of pyridine rings is 1. The fourth-order valence-electron chi connectivity index (χ4n) is 2.44. The van der Waals surface area contributed by atoms with Crippen LogP contribution in [0.3, 0.4) is 0 Å². The Morgan fingerprint density at radius 1 is 1.40 bits per heavy atom. The van der Waals surface area contributed by atoms with E-state index in [0.29, 0.717) is 11.7 Å². The number of oxime groups is 1. The highest BCUT2D eigenvalue weighted by molar-refractivity contribution is 5.95. The van der Waals surface area contributed by atoms with E-state index in [1.54, 1.807) is 6.07 Å². The predicted octanol–water partition coefficient (Wildman–Crippen LogP) is 1.10. The smallest absolute Gasteiger partial charge is 0.188 e. The molecular weight excluding hydrogens is 254 g/mol. The zero-order valence-electron chi connectivity index (χ0n) is 12.2. The van der Waals surface area contributed by atoms with Crippen molar-refractivity contribution in [2.75, 3.05) is 31.1 Å². The number of hydrogen-bond acceptors (Lipinski definition) is 5. The molecule has 1 aromatic heterocycles. The van der Waals surface area contributed by atoms with Crippen LogP contribution in [-0.2, 0) is 0 Å². The minimum Gasteiger partial charge on any atom is -0.409 e. The highest BCUT2D eigenvalue weighted by Crippen LogP contribution is 2.16. The molecule has 1 fully saturated rings. The summed E-state index contributed by atoms with van der Waals surface area (Å²) in [5.74, 6) is 0.933. The lowest BCUT2D eigenvalue weighted by atomic mass is 10.2. The Balaban J connectivity index is 2.04. The minimum absolute atomic E-state index is 0.0464. The first-order chi connectivity index (χ1) is 9.65. The van der Waals surface area contributed by atoms with Gasteiger partial charge in [-0.2, -0.15) is 0 Å². The summed E-state index contributed by atoms with van der Waals surface area (Å²) in [6.07, 6.45) is 1.18. The average Bonchev–Trinajstić information content (AvgIpc) is 2.53. The molecule has 0 spiro atoms. The summed E-state index contributed by atoms with van der Waals surface area (Å²) in [5.41, 5.74) is 6.09. The maximum atomic E-state index is 8.72. The Morgan fingerprint density at radius 3 is 2.70 bits per heavy atom. The van der Waals surface area contributed by atoms with Gasteiger partial charge >= 0.3 is 0 Å². The molecule has 1 unspecified atom stereocenters. The van der Waals surface area contributed by atoms with Crippen LogP contribution in [0.25, 0.3) is 0 Å². The number of rotatable bonds is 4. The number of amidine groups is 1. The number of piperazine rings is 1.